The van der Waals surface area contributed by atoms with Crippen molar-refractivity contribution in [3.05, 3.63) is 11.1 Å². The summed E-state index contributed by atoms with van der Waals surface area (Å²) >= 11 is 1.77. The minimum Gasteiger partial charge on any atom is -0.357 e. The molecular formula is C17H32IN5S. The van der Waals surface area contributed by atoms with Gasteiger partial charge in [0.25, 0.3) is 0 Å². The monoisotopic (exact) mass is 465 g/mol. The first-order chi connectivity index (χ1) is 11.2. The molecule has 0 aliphatic carbocycles. The van der Waals surface area contributed by atoms with Crippen molar-refractivity contribution >= 4 is 46.4 Å². The van der Waals surface area contributed by atoms with Gasteiger partial charge in [-0.1, -0.05) is 13.3 Å². The summed E-state index contributed by atoms with van der Waals surface area (Å²) in [5.41, 5.74) is 1.17. The van der Waals surface area contributed by atoms with E-state index >= 15 is 0 Å². The number of aliphatic imine (C=N–C) groups is 1. The summed E-state index contributed by atoms with van der Waals surface area (Å²) in [6.07, 6.45) is 5.93. The van der Waals surface area contributed by atoms with Crippen molar-refractivity contribution < 1.29 is 0 Å². The Morgan fingerprint density at radius 1 is 1.38 bits per heavy atom. The molecule has 0 bridgehead atoms. The second-order valence-corrected chi connectivity index (χ2v) is 6.91. The highest BCUT2D eigenvalue weighted by molar-refractivity contribution is 14.0. The van der Waals surface area contributed by atoms with E-state index in [0.717, 1.165) is 45.1 Å². The molecule has 0 unspecified atom stereocenters. The van der Waals surface area contributed by atoms with Gasteiger partial charge in [0, 0.05) is 51.6 Å². The average molecular weight is 465 g/mol. The van der Waals surface area contributed by atoms with E-state index in [4.69, 9.17) is 9.98 Å². The van der Waals surface area contributed by atoms with E-state index in [9.17, 15) is 0 Å². The van der Waals surface area contributed by atoms with Gasteiger partial charge in [0.15, 0.2) is 11.1 Å². The molecule has 0 radical (unpaired) electrons. The molecule has 0 saturated carbocycles. The molecule has 2 rings (SSSR count). The highest BCUT2D eigenvalue weighted by Crippen LogP contribution is 2.24. The first-order valence-corrected chi connectivity index (χ1v) is 9.81. The molecule has 0 amide bonds. The lowest BCUT2D eigenvalue weighted by molar-refractivity contribution is 0.465. The van der Waals surface area contributed by atoms with Gasteiger partial charge in [0.1, 0.15) is 0 Å². The number of unbranched alkanes of at least 4 members (excludes halogenated alkanes) is 1. The molecule has 1 N–H and O–H groups in total. The van der Waals surface area contributed by atoms with Crippen LogP contribution in [0.5, 0.6) is 0 Å². The highest BCUT2D eigenvalue weighted by atomic mass is 127. The first-order valence-electron chi connectivity index (χ1n) is 8.93. The molecule has 0 aromatic carbocycles. The van der Waals surface area contributed by atoms with Crippen LogP contribution in [-0.4, -0.2) is 55.6 Å². The molecule has 5 nitrogen and oxygen atoms in total. The topological polar surface area (TPSA) is 43.8 Å². The number of nitrogens with zero attached hydrogens (tertiary/aromatic N) is 4. The zero-order valence-electron chi connectivity index (χ0n) is 15.3. The van der Waals surface area contributed by atoms with Crippen LogP contribution in [0.4, 0.5) is 5.13 Å². The number of nitrogens with one attached hydrogen (secondary N) is 1. The lowest BCUT2D eigenvalue weighted by atomic mass is 10.3. The van der Waals surface area contributed by atoms with Crippen LogP contribution in [0.2, 0.25) is 0 Å². The van der Waals surface area contributed by atoms with Crippen LogP contribution >= 0.6 is 35.3 Å². The third-order valence-corrected chi connectivity index (χ3v) is 5.04. The lowest BCUT2D eigenvalue weighted by Crippen LogP contribution is -2.39. The van der Waals surface area contributed by atoms with Gasteiger partial charge in [-0.15, -0.1) is 35.3 Å². The van der Waals surface area contributed by atoms with Crippen LogP contribution in [0.1, 0.15) is 45.2 Å². The van der Waals surface area contributed by atoms with Gasteiger partial charge in [-0.25, -0.2) is 4.98 Å². The Morgan fingerprint density at radius 3 is 2.79 bits per heavy atom. The van der Waals surface area contributed by atoms with Crippen LogP contribution in [0.15, 0.2) is 10.4 Å². The number of rotatable bonds is 8. The van der Waals surface area contributed by atoms with Gasteiger partial charge in [0.05, 0.1) is 5.69 Å². The molecule has 1 aliphatic rings. The van der Waals surface area contributed by atoms with Crippen LogP contribution in [-0.2, 0) is 6.42 Å². The van der Waals surface area contributed by atoms with E-state index in [2.05, 4.69) is 41.4 Å². The maximum absolute atomic E-state index is 4.77. The lowest BCUT2D eigenvalue weighted by Gasteiger charge is -2.21. The number of hydrogen-bond acceptors (Lipinski definition) is 4. The summed E-state index contributed by atoms with van der Waals surface area (Å²) in [6.45, 7) is 9.42. The predicted molar refractivity (Wildman–Crippen MR) is 116 cm³/mol. The van der Waals surface area contributed by atoms with Crippen LogP contribution in [0.25, 0.3) is 0 Å². The molecule has 1 fully saturated rings. The van der Waals surface area contributed by atoms with Gasteiger partial charge in [-0.3, -0.25) is 4.99 Å². The molecule has 1 aromatic heterocycles. The van der Waals surface area contributed by atoms with E-state index < -0.39 is 0 Å². The van der Waals surface area contributed by atoms with Crippen molar-refractivity contribution in [2.24, 2.45) is 4.99 Å². The summed E-state index contributed by atoms with van der Waals surface area (Å²) in [4.78, 5) is 14.2. The van der Waals surface area contributed by atoms with Crippen molar-refractivity contribution in [2.75, 3.05) is 44.7 Å². The SMILES string of the molecule is CCCCN(C)C(=NCCc1csc(N2CCCC2)n1)NCC.I. The Balaban J connectivity index is 0.00000288. The standard InChI is InChI=1S/C17H31N5S.HI/c1-4-6-11-21(3)16(18-5-2)19-10-9-15-14-23-17(20-15)22-12-7-8-13-22;/h14H,4-13H2,1-3H3,(H,18,19);1H. The molecule has 7 heteroatoms. The Labute approximate surface area is 168 Å². The molecule has 0 atom stereocenters. The summed E-state index contributed by atoms with van der Waals surface area (Å²) in [7, 11) is 2.12. The van der Waals surface area contributed by atoms with Crippen LogP contribution in [0, 0.1) is 0 Å². The van der Waals surface area contributed by atoms with Crippen molar-refractivity contribution in [1.29, 1.82) is 0 Å². The Bertz CT molecular complexity index is 485. The first kappa shape index (κ1) is 21.5. The maximum atomic E-state index is 4.77. The number of anilines is 1. The minimum absolute atomic E-state index is 0. The quantitative estimate of drug-likeness (QED) is 0.362. The molecule has 138 valence electrons. The summed E-state index contributed by atoms with van der Waals surface area (Å²) < 4.78 is 0. The summed E-state index contributed by atoms with van der Waals surface area (Å²) in [6, 6.07) is 0. The Hall–Kier alpha value is -0.570. The Kier molecular flexibility index (Phi) is 10.6. The van der Waals surface area contributed by atoms with Gasteiger partial charge in [-0.05, 0) is 26.2 Å². The molecule has 1 saturated heterocycles. The third kappa shape index (κ3) is 6.74. The number of halogens is 1. The van der Waals surface area contributed by atoms with E-state index in [1.807, 2.05) is 0 Å². The van der Waals surface area contributed by atoms with Gasteiger partial charge in [0.2, 0.25) is 0 Å². The zero-order chi connectivity index (χ0) is 16.5. The fourth-order valence-electron chi connectivity index (χ4n) is 2.71. The highest BCUT2D eigenvalue weighted by Gasteiger charge is 2.15. The van der Waals surface area contributed by atoms with Crippen LogP contribution < -0.4 is 10.2 Å². The number of hydrogen-bond donors (Lipinski definition) is 1. The smallest absolute Gasteiger partial charge is 0.193 e. The van der Waals surface area contributed by atoms with E-state index in [1.165, 1.54) is 36.5 Å². The van der Waals surface area contributed by atoms with Crippen molar-refractivity contribution in [3.63, 3.8) is 0 Å². The number of guanidine groups is 1. The molecular weight excluding hydrogens is 433 g/mol. The minimum atomic E-state index is 0. The van der Waals surface area contributed by atoms with Crippen LogP contribution in [0.3, 0.4) is 0 Å². The second kappa shape index (κ2) is 11.9. The fourth-order valence-corrected chi connectivity index (χ4v) is 3.63. The fraction of sp³-hybridized carbons (Fsp3) is 0.765. The van der Waals surface area contributed by atoms with Crippen molar-refractivity contribution in [2.45, 2.75) is 46.0 Å². The normalized spacial score (nSPS) is 14.6. The molecule has 0 spiro atoms. The molecule has 1 aromatic rings. The molecule has 2 heterocycles. The molecule has 24 heavy (non-hydrogen) atoms. The Morgan fingerprint density at radius 2 is 2.12 bits per heavy atom. The summed E-state index contributed by atoms with van der Waals surface area (Å²) in [5, 5.41) is 6.76. The number of aromatic nitrogens is 1. The van der Waals surface area contributed by atoms with Gasteiger partial charge < -0.3 is 15.1 Å². The number of thiazole rings is 1. The average Bonchev–Trinajstić information content (AvgIpc) is 3.22. The molecule has 1 aliphatic heterocycles. The van der Waals surface area contributed by atoms with Gasteiger partial charge >= 0.3 is 0 Å². The third-order valence-electron chi connectivity index (χ3n) is 4.09. The second-order valence-electron chi connectivity index (χ2n) is 6.08. The van der Waals surface area contributed by atoms with E-state index in [-0.39, 0.29) is 24.0 Å². The largest absolute Gasteiger partial charge is 0.357 e. The van der Waals surface area contributed by atoms with E-state index in [0.29, 0.717) is 0 Å². The zero-order valence-corrected chi connectivity index (χ0v) is 18.4. The summed E-state index contributed by atoms with van der Waals surface area (Å²) in [5.74, 6) is 1.01. The van der Waals surface area contributed by atoms with Gasteiger partial charge in [-0.2, -0.15) is 0 Å². The van der Waals surface area contributed by atoms with E-state index in [1.54, 1.807) is 11.3 Å². The van der Waals surface area contributed by atoms with Crippen molar-refractivity contribution in [3.8, 4) is 0 Å². The van der Waals surface area contributed by atoms with Crippen molar-refractivity contribution in [1.82, 2.24) is 15.2 Å². The maximum Gasteiger partial charge on any atom is 0.193 e. The predicted octanol–water partition coefficient (Wildman–Crippen LogP) is 3.60.